The Hall–Kier alpha value is -1.03. The van der Waals surface area contributed by atoms with E-state index in [1.807, 2.05) is 19.1 Å². The Bertz CT molecular complexity index is 390. The number of aromatic hydroxyl groups is 1. The molecule has 0 amide bonds. The third kappa shape index (κ3) is 1.75. The van der Waals surface area contributed by atoms with E-state index in [9.17, 15) is 5.11 Å². The number of rotatable bonds is 1. The number of hydrogen-bond donors (Lipinski definition) is 2. The van der Waals surface area contributed by atoms with E-state index < -0.39 is 0 Å². The van der Waals surface area contributed by atoms with Gasteiger partial charge in [-0.15, -0.1) is 0 Å². The molecule has 1 aliphatic rings. The summed E-state index contributed by atoms with van der Waals surface area (Å²) in [5.74, 6) is 0.315. The Morgan fingerprint density at radius 1 is 1.57 bits per heavy atom. The van der Waals surface area contributed by atoms with Crippen LogP contribution in [0.15, 0.2) is 27.8 Å². The average Bonchev–Trinajstić information content (AvgIpc) is 2.56. The average molecular weight is 255 g/mol. The number of benzene rings is 1. The molecule has 0 saturated carbocycles. The molecule has 1 aromatic carbocycles. The minimum atomic E-state index is 0.104. The van der Waals surface area contributed by atoms with Crippen molar-refractivity contribution in [3.8, 4) is 5.75 Å². The van der Waals surface area contributed by atoms with Gasteiger partial charge < -0.3 is 10.5 Å². The molecule has 3 nitrogen and oxygen atoms in total. The van der Waals surface area contributed by atoms with Crippen LogP contribution < -0.4 is 5.43 Å². The smallest absolute Gasteiger partial charge is 0.120 e. The van der Waals surface area contributed by atoms with Crippen LogP contribution in [-0.4, -0.2) is 10.8 Å². The Balaban J connectivity index is 2.28. The summed E-state index contributed by atoms with van der Waals surface area (Å²) < 4.78 is 0.969. The molecule has 1 heterocycles. The Morgan fingerprint density at radius 2 is 2.36 bits per heavy atom. The number of halogens is 1. The molecule has 0 spiro atoms. The first-order valence-electron chi connectivity index (χ1n) is 4.44. The number of nitrogens with one attached hydrogen (secondary N) is 1. The largest absolute Gasteiger partial charge is 0.508 e. The molecule has 0 fully saturated rings. The summed E-state index contributed by atoms with van der Waals surface area (Å²) in [6.07, 6.45) is 0.851. The molecule has 74 valence electrons. The predicted molar refractivity (Wildman–Crippen MR) is 59.4 cm³/mol. The summed E-state index contributed by atoms with van der Waals surface area (Å²) in [5.41, 5.74) is 4.95. The molecule has 0 bridgehead atoms. The summed E-state index contributed by atoms with van der Waals surface area (Å²) >= 11 is 3.38. The minimum absolute atomic E-state index is 0.104. The van der Waals surface area contributed by atoms with Gasteiger partial charge in [0, 0.05) is 22.2 Å². The van der Waals surface area contributed by atoms with Gasteiger partial charge in [0.1, 0.15) is 5.75 Å². The van der Waals surface area contributed by atoms with Gasteiger partial charge in [-0.3, -0.25) is 0 Å². The van der Waals surface area contributed by atoms with Crippen LogP contribution >= 0.6 is 15.9 Å². The lowest BCUT2D eigenvalue weighted by atomic mass is 10.0. The van der Waals surface area contributed by atoms with Crippen LogP contribution in [0.2, 0.25) is 0 Å². The fourth-order valence-electron chi connectivity index (χ4n) is 1.56. The molecule has 2 rings (SSSR count). The maximum atomic E-state index is 9.67. The highest BCUT2D eigenvalue weighted by molar-refractivity contribution is 9.10. The van der Waals surface area contributed by atoms with Crippen LogP contribution in [0.3, 0.4) is 0 Å². The van der Waals surface area contributed by atoms with E-state index in [-0.39, 0.29) is 6.04 Å². The molecule has 1 aliphatic heterocycles. The van der Waals surface area contributed by atoms with Crippen molar-refractivity contribution >= 4 is 21.6 Å². The lowest BCUT2D eigenvalue weighted by Crippen LogP contribution is -2.09. The van der Waals surface area contributed by atoms with E-state index in [4.69, 9.17) is 0 Å². The van der Waals surface area contributed by atoms with E-state index in [1.54, 1.807) is 6.07 Å². The lowest BCUT2D eigenvalue weighted by Gasteiger charge is -2.12. The van der Waals surface area contributed by atoms with Crippen LogP contribution in [0.5, 0.6) is 5.75 Å². The highest BCUT2D eigenvalue weighted by Gasteiger charge is 2.20. The standard InChI is InChI=1S/C10H11BrN2O/c1-6-4-9(13-12-6)8-5-7(11)2-3-10(8)14/h2-3,5,9,13-14H,4H2,1H3/t9-/m0/s1. The van der Waals surface area contributed by atoms with E-state index in [2.05, 4.69) is 26.5 Å². The second kappa shape index (κ2) is 3.61. The van der Waals surface area contributed by atoms with Crippen molar-refractivity contribution in [1.29, 1.82) is 0 Å². The summed E-state index contributed by atoms with van der Waals surface area (Å²) in [5, 5.41) is 13.8. The van der Waals surface area contributed by atoms with E-state index >= 15 is 0 Å². The summed E-state index contributed by atoms with van der Waals surface area (Å²) in [7, 11) is 0. The molecular formula is C10H11BrN2O. The number of phenolic OH excluding ortho intramolecular Hbond substituents is 1. The molecule has 0 unspecified atom stereocenters. The molecular weight excluding hydrogens is 244 g/mol. The third-order valence-electron chi connectivity index (χ3n) is 2.28. The molecule has 1 aromatic rings. The highest BCUT2D eigenvalue weighted by atomic mass is 79.9. The highest BCUT2D eigenvalue weighted by Crippen LogP contribution is 2.31. The van der Waals surface area contributed by atoms with Gasteiger partial charge in [-0.1, -0.05) is 15.9 Å². The van der Waals surface area contributed by atoms with Crippen LogP contribution in [-0.2, 0) is 0 Å². The second-order valence-corrected chi connectivity index (χ2v) is 4.35. The summed E-state index contributed by atoms with van der Waals surface area (Å²) in [6.45, 7) is 1.97. The van der Waals surface area contributed by atoms with Crippen LogP contribution in [0.4, 0.5) is 0 Å². The fourth-order valence-corrected chi connectivity index (χ4v) is 1.94. The van der Waals surface area contributed by atoms with E-state index in [0.29, 0.717) is 5.75 Å². The molecule has 14 heavy (non-hydrogen) atoms. The van der Waals surface area contributed by atoms with Crippen molar-refractivity contribution in [2.45, 2.75) is 19.4 Å². The SMILES string of the molecule is CC1=NN[C@H](c2cc(Br)ccc2O)C1. The van der Waals surface area contributed by atoms with Crippen LogP contribution in [0.1, 0.15) is 24.9 Å². The van der Waals surface area contributed by atoms with Crippen molar-refractivity contribution < 1.29 is 5.11 Å². The topological polar surface area (TPSA) is 44.6 Å². The van der Waals surface area contributed by atoms with Gasteiger partial charge >= 0.3 is 0 Å². The van der Waals surface area contributed by atoms with Crippen LogP contribution in [0.25, 0.3) is 0 Å². The van der Waals surface area contributed by atoms with Gasteiger partial charge in [-0.05, 0) is 25.1 Å². The van der Waals surface area contributed by atoms with Crippen molar-refractivity contribution in [2.75, 3.05) is 0 Å². The van der Waals surface area contributed by atoms with Crippen molar-refractivity contribution in [3.05, 3.63) is 28.2 Å². The molecule has 4 heteroatoms. The van der Waals surface area contributed by atoms with Crippen molar-refractivity contribution in [3.63, 3.8) is 0 Å². The number of hydrogen-bond acceptors (Lipinski definition) is 3. The van der Waals surface area contributed by atoms with Gasteiger partial charge in [0.05, 0.1) is 6.04 Å². The first kappa shape index (κ1) is 9.52. The van der Waals surface area contributed by atoms with Gasteiger partial charge in [0.25, 0.3) is 0 Å². The zero-order chi connectivity index (χ0) is 10.1. The molecule has 0 aliphatic carbocycles. The Morgan fingerprint density at radius 3 is 3.00 bits per heavy atom. The Labute approximate surface area is 91.0 Å². The molecule has 0 saturated heterocycles. The molecule has 0 radical (unpaired) electrons. The molecule has 0 aromatic heterocycles. The summed E-state index contributed by atoms with van der Waals surface area (Å²) in [4.78, 5) is 0. The quantitative estimate of drug-likeness (QED) is 0.810. The number of phenols is 1. The first-order chi connectivity index (χ1) is 6.66. The van der Waals surface area contributed by atoms with Gasteiger partial charge in [-0.2, -0.15) is 5.10 Å². The maximum absolute atomic E-state index is 9.67. The van der Waals surface area contributed by atoms with Crippen molar-refractivity contribution in [2.24, 2.45) is 5.10 Å². The van der Waals surface area contributed by atoms with Crippen molar-refractivity contribution in [1.82, 2.24) is 5.43 Å². The number of nitrogens with zero attached hydrogens (tertiary/aromatic N) is 1. The fraction of sp³-hybridized carbons (Fsp3) is 0.300. The van der Waals surface area contributed by atoms with Crippen LogP contribution in [0, 0.1) is 0 Å². The number of hydrazone groups is 1. The van der Waals surface area contributed by atoms with E-state index in [1.165, 1.54) is 0 Å². The zero-order valence-corrected chi connectivity index (χ0v) is 9.37. The predicted octanol–water partition coefficient (Wildman–Crippen LogP) is 2.57. The summed E-state index contributed by atoms with van der Waals surface area (Å²) in [6, 6.07) is 5.53. The first-order valence-corrected chi connectivity index (χ1v) is 5.23. The van der Waals surface area contributed by atoms with Gasteiger partial charge in [0.15, 0.2) is 0 Å². The second-order valence-electron chi connectivity index (χ2n) is 3.44. The van der Waals surface area contributed by atoms with Gasteiger partial charge in [0.2, 0.25) is 0 Å². The lowest BCUT2D eigenvalue weighted by molar-refractivity contribution is 0.455. The molecule has 1 atom stereocenters. The monoisotopic (exact) mass is 254 g/mol. The van der Waals surface area contributed by atoms with Gasteiger partial charge in [-0.25, -0.2) is 0 Å². The normalized spacial score (nSPS) is 20.4. The zero-order valence-electron chi connectivity index (χ0n) is 7.79. The minimum Gasteiger partial charge on any atom is -0.508 e. The van der Waals surface area contributed by atoms with E-state index in [0.717, 1.165) is 22.2 Å². The maximum Gasteiger partial charge on any atom is 0.120 e. The molecule has 2 N–H and O–H groups in total. The third-order valence-corrected chi connectivity index (χ3v) is 2.77. The Kier molecular flexibility index (Phi) is 2.46.